The molecular formula is C15H23N3O2. The molecule has 5 heteroatoms. The summed E-state index contributed by atoms with van der Waals surface area (Å²) in [6.07, 6.45) is 3.40. The highest BCUT2D eigenvalue weighted by molar-refractivity contribution is 5.94. The van der Waals surface area contributed by atoms with Crippen LogP contribution in [0.3, 0.4) is 0 Å². The molecule has 0 aromatic carbocycles. The number of carbonyl (C=O) groups excluding carboxylic acids is 1. The van der Waals surface area contributed by atoms with Gasteiger partial charge in [-0.3, -0.25) is 9.59 Å². The third kappa shape index (κ3) is 2.93. The Morgan fingerprint density at radius 1 is 1.40 bits per heavy atom. The lowest BCUT2D eigenvalue weighted by molar-refractivity contribution is 0.0574. The molecule has 1 fully saturated rings. The first-order valence-corrected chi connectivity index (χ1v) is 7.30. The first-order valence-electron chi connectivity index (χ1n) is 7.30. The third-order valence-electron chi connectivity index (χ3n) is 4.01. The monoisotopic (exact) mass is 277 g/mol. The van der Waals surface area contributed by atoms with Crippen LogP contribution in [0.5, 0.6) is 0 Å². The normalized spacial score (nSPS) is 22.9. The summed E-state index contributed by atoms with van der Waals surface area (Å²) in [5, 5.41) is 3.45. The molecule has 1 saturated heterocycles. The average molecular weight is 277 g/mol. The van der Waals surface area contributed by atoms with Crippen molar-refractivity contribution >= 4 is 5.91 Å². The molecule has 2 unspecified atom stereocenters. The minimum Gasteiger partial charge on any atom is -0.364 e. The van der Waals surface area contributed by atoms with Gasteiger partial charge in [-0.25, -0.2) is 0 Å². The fourth-order valence-electron chi connectivity index (χ4n) is 2.65. The molecule has 1 aliphatic heterocycles. The second kappa shape index (κ2) is 6.22. The Bertz CT molecular complexity index is 538. The van der Waals surface area contributed by atoms with E-state index in [0.29, 0.717) is 12.6 Å². The molecule has 1 aromatic heterocycles. The maximum absolute atomic E-state index is 12.6. The van der Waals surface area contributed by atoms with Gasteiger partial charge < -0.3 is 15.2 Å². The number of hydrogen-bond donors (Lipinski definition) is 2. The molecular weight excluding hydrogens is 254 g/mol. The maximum Gasteiger partial charge on any atom is 0.259 e. The van der Waals surface area contributed by atoms with Gasteiger partial charge in [0.15, 0.2) is 5.43 Å². The van der Waals surface area contributed by atoms with Crippen LogP contribution in [0.4, 0.5) is 0 Å². The molecule has 0 aliphatic carbocycles. The van der Waals surface area contributed by atoms with Crippen LogP contribution < -0.4 is 10.7 Å². The largest absolute Gasteiger partial charge is 0.364 e. The van der Waals surface area contributed by atoms with Gasteiger partial charge in [0, 0.05) is 43.1 Å². The number of amides is 1. The summed E-state index contributed by atoms with van der Waals surface area (Å²) in [6, 6.07) is 1.95. The smallest absolute Gasteiger partial charge is 0.259 e. The number of nitrogens with one attached hydrogen (secondary N) is 2. The Hall–Kier alpha value is -1.62. The van der Waals surface area contributed by atoms with Gasteiger partial charge in [0.1, 0.15) is 5.56 Å². The fraction of sp³-hybridized carbons (Fsp3) is 0.600. The van der Waals surface area contributed by atoms with Crippen molar-refractivity contribution < 1.29 is 4.79 Å². The summed E-state index contributed by atoms with van der Waals surface area (Å²) in [5.74, 6) is -0.155. The highest BCUT2D eigenvalue weighted by atomic mass is 16.2. The van der Waals surface area contributed by atoms with Crippen LogP contribution >= 0.6 is 0 Å². The highest BCUT2D eigenvalue weighted by Gasteiger charge is 2.31. The van der Waals surface area contributed by atoms with Crippen LogP contribution in [0.15, 0.2) is 17.1 Å². The number of aromatic amines is 1. The lowest BCUT2D eigenvalue weighted by atomic mass is 10.0. The molecule has 2 rings (SSSR count). The number of aromatic nitrogens is 1. The first kappa shape index (κ1) is 14.8. The van der Waals surface area contributed by atoms with Gasteiger partial charge >= 0.3 is 0 Å². The van der Waals surface area contributed by atoms with Crippen molar-refractivity contribution in [3.63, 3.8) is 0 Å². The average Bonchev–Trinajstić information content (AvgIpc) is 2.46. The van der Waals surface area contributed by atoms with Crippen molar-refractivity contribution in [2.24, 2.45) is 0 Å². The van der Waals surface area contributed by atoms with E-state index < -0.39 is 0 Å². The molecule has 2 heterocycles. The molecule has 1 aliphatic rings. The van der Waals surface area contributed by atoms with Crippen LogP contribution in [0.1, 0.15) is 42.7 Å². The van der Waals surface area contributed by atoms with E-state index in [1.165, 1.54) is 12.3 Å². The van der Waals surface area contributed by atoms with E-state index in [-0.39, 0.29) is 22.9 Å². The molecule has 1 amide bonds. The number of hydrogen-bond acceptors (Lipinski definition) is 3. The predicted octanol–water partition coefficient (Wildman–Crippen LogP) is 1.29. The van der Waals surface area contributed by atoms with E-state index in [9.17, 15) is 9.59 Å². The van der Waals surface area contributed by atoms with Crippen molar-refractivity contribution in [2.75, 3.05) is 13.1 Å². The van der Waals surface area contributed by atoms with E-state index >= 15 is 0 Å². The van der Waals surface area contributed by atoms with Crippen molar-refractivity contribution in [3.8, 4) is 0 Å². The van der Waals surface area contributed by atoms with Crippen LogP contribution in [-0.4, -0.2) is 41.0 Å². The molecule has 20 heavy (non-hydrogen) atoms. The number of pyridine rings is 1. The number of rotatable bonds is 3. The summed E-state index contributed by atoms with van der Waals surface area (Å²) in [7, 11) is 0. The number of H-pyrrole nitrogens is 1. The van der Waals surface area contributed by atoms with Gasteiger partial charge in [-0.15, -0.1) is 0 Å². The fourth-order valence-corrected chi connectivity index (χ4v) is 2.65. The Morgan fingerprint density at radius 2 is 2.15 bits per heavy atom. The van der Waals surface area contributed by atoms with Gasteiger partial charge in [0.25, 0.3) is 5.91 Å². The Labute approximate surface area is 119 Å². The minimum absolute atomic E-state index is 0.155. The number of nitrogens with zero attached hydrogens (tertiary/aromatic N) is 1. The molecule has 1 aromatic rings. The van der Waals surface area contributed by atoms with Gasteiger partial charge in [0.2, 0.25) is 0 Å². The standard InChI is InChI=1S/C15H23N3O2/c1-4-11-9-18(12(5-2)7-17-11)15(20)13-8-16-10(3)6-14(13)19/h6,8,11-12,17H,4-5,7,9H2,1-3H3,(H,16,19). The molecule has 0 saturated carbocycles. The molecule has 5 nitrogen and oxygen atoms in total. The van der Waals surface area contributed by atoms with Crippen molar-refractivity contribution in [2.45, 2.75) is 45.7 Å². The van der Waals surface area contributed by atoms with Crippen molar-refractivity contribution in [1.82, 2.24) is 15.2 Å². The van der Waals surface area contributed by atoms with Gasteiger partial charge in [-0.1, -0.05) is 13.8 Å². The maximum atomic E-state index is 12.6. The SMILES string of the molecule is CCC1CN(C(=O)c2c[nH]c(C)cc2=O)C(CC)CN1. The summed E-state index contributed by atoms with van der Waals surface area (Å²) in [4.78, 5) is 29.4. The Kier molecular flexibility index (Phi) is 4.60. The summed E-state index contributed by atoms with van der Waals surface area (Å²) < 4.78 is 0. The van der Waals surface area contributed by atoms with E-state index in [1.807, 2.05) is 11.8 Å². The molecule has 2 N–H and O–H groups in total. The van der Waals surface area contributed by atoms with Crippen LogP contribution in [0.2, 0.25) is 0 Å². The summed E-state index contributed by atoms with van der Waals surface area (Å²) >= 11 is 0. The first-order chi connectivity index (χ1) is 9.56. The summed E-state index contributed by atoms with van der Waals surface area (Å²) in [5.41, 5.74) is 0.809. The molecule has 0 bridgehead atoms. The second-order valence-corrected chi connectivity index (χ2v) is 5.43. The topological polar surface area (TPSA) is 65.2 Å². The van der Waals surface area contributed by atoms with Crippen molar-refractivity contribution in [1.29, 1.82) is 0 Å². The quantitative estimate of drug-likeness (QED) is 0.875. The molecule has 2 atom stereocenters. The zero-order valence-corrected chi connectivity index (χ0v) is 12.4. The predicted molar refractivity (Wildman–Crippen MR) is 79.0 cm³/mol. The molecule has 0 spiro atoms. The lowest BCUT2D eigenvalue weighted by Gasteiger charge is -2.39. The van der Waals surface area contributed by atoms with E-state index in [4.69, 9.17) is 0 Å². The molecule has 0 radical (unpaired) electrons. The van der Waals surface area contributed by atoms with Gasteiger partial charge in [-0.2, -0.15) is 0 Å². The Balaban J connectivity index is 2.26. The van der Waals surface area contributed by atoms with E-state index in [2.05, 4.69) is 24.1 Å². The van der Waals surface area contributed by atoms with Gasteiger partial charge in [-0.05, 0) is 19.8 Å². The van der Waals surface area contributed by atoms with Crippen molar-refractivity contribution in [3.05, 3.63) is 33.7 Å². The number of aryl methyl sites for hydroxylation is 1. The van der Waals surface area contributed by atoms with Crippen LogP contribution in [-0.2, 0) is 0 Å². The molecule has 110 valence electrons. The number of carbonyl (C=O) groups is 1. The van der Waals surface area contributed by atoms with E-state index in [0.717, 1.165) is 25.1 Å². The second-order valence-electron chi connectivity index (χ2n) is 5.43. The number of piperazine rings is 1. The minimum atomic E-state index is -0.201. The van der Waals surface area contributed by atoms with Gasteiger partial charge in [0.05, 0.1) is 0 Å². The van der Waals surface area contributed by atoms with Crippen LogP contribution in [0, 0.1) is 6.92 Å². The zero-order valence-electron chi connectivity index (χ0n) is 12.4. The summed E-state index contributed by atoms with van der Waals surface area (Å²) in [6.45, 7) is 7.44. The zero-order chi connectivity index (χ0) is 14.7. The van der Waals surface area contributed by atoms with Crippen LogP contribution in [0.25, 0.3) is 0 Å². The Morgan fingerprint density at radius 3 is 2.75 bits per heavy atom. The highest BCUT2D eigenvalue weighted by Crippen LogP contribution is 2.14. The lowest BCUT2D eigenvalue weighted by Crippen LogP contribution is -2.58. The van der Waals surface area contributed by atoms with E-state index in [1.54, 1.807) is 0 Å². The third-order valence-corrected chi connectivity index (χ3v) is 4.01.